The van der Waals surface area contributed by atoms with Gasteiger partial charge in [-0.3, -0.25) is 4.55 Å². The Labute approximate surface area is 182 Å². The van der Waals surface area contributed by atoms with E-state index in [1.807, 2.05) is 0 Å². The van der Waals surface area contributed by atoms with Crippen LogP contribution in [0.5, 0.6) is 5.75 Å². The van der Waals surface area contributed by atoms with Crippen LogP contribution in [-0.4, -0.2) is 18.9 Å². The molecule has 0 bridgehead atoms. The topological polar surface area (TPSA) is 144 Å². The van der Waals surface area contributed by atoms with Crippen molar-refractivity contribution in [3.63, 3.8) is 0 Å². The van der Waals surface area contributed by atoms with E-state index in [1.165, 1.54) is 0 Å². The van der Waals surface area contributed by atoms with Crippen LogP contribution in [0.2, 0.25) is 0 Å². The first-order chi connectivity index (χ1) is 6.75. The maximum absolute atomic E-state index is 11.2. The van der Waals surface area contributed by atoms with Gasteiger partial charge in [0.1, 0.15) is 4.90 Å². The predicted octanol–water partition coefficient (Wildman–Crippen LogP) is -8.04. The van der Waals surface area contributed by atoms with Crippen LogP contribution in [0.15, 0.2) is 17.0 Å². The molecule has 0 aliphatic heterocycles. The molecule has 0 atom stereocenters. The number of aromatic carboxylic acids is 1. The van der Waals surface area contributed by atoms with Crippen LogP contribution in [0.25, 0.3) is 0 Å². The van der Waals surface area contributed by atoms with Crippen LogP contribution in [-0.2, 0) is 10.1 Å². The summed E-state index contributed by atoms with van der Waals surface area (Å²) in [7, 11) is -4.85. The van der Waals surface area contributed by atoms with Crippen molar-refractivity contribution in [1.82, 2.24) is 0 Å². The van der Waals surface area contributed by atoms with Crippen molar-refractivity contribution in [3.05, 3.63) is 17.7 Å². The Hall–Kier alpha value is 1.47. The molecule has 3 N–H and O–H groups in total. The number of carbonyl (C=O) groups excluding carboxylic acids is 1. The number of nitrogens with two attached hydrogens (primary N) is 1. The smallest absolute Gasteiger partial charge is 0.871 e. The Bertz CT molecular complexity index is 529. The number of carboxylic acid groups (broad SMARTS) is 1. The first-order valence-electron chi connectivity index (χ1n) is 3.53. The zero-order valence-electron chi connectivity index (χ0n) is 9.13. The third-order valence-electron chi connectivity index (χ3n) is 1.62. The van der Waals surface area contributed by atoms with Gasteiger partial charge in [-0.05, 0) is 11.6 Å². The van der Waals surface area contributed by atoms with E-state index in [9.17, 15) is 23.4 Å². The van der Waals surface area contributed by atoms with Gasteiger partial charge in [0, 0.05) is 0 Å². The summed E-state index contributed by atoms with van der Waals surface area (Å²) in [6, 6.07) is 1.69. The van der Waals surface area contributed by atoms with Crippen LogP contribution in [0, 0.1) is 0 Å². The minimum absolute atomic E-state index is 0. The van der Waals surface area contributed by atoms with Crippen LogP contribution >= 0.6 is 0 Å². The van der Waals surface area contributed by atoms with E-state index in [4.69, 9.17) is 10.3 Å². The number of hydrogen-bond acceptors (Lipinski definition) is 6. The third-order valence-corrected chi connectivity index (χ3v) is 2.56. The molecular weight excluding hydrogens is 304 g/mol. The molecule has 7 nitrogen and oxygen atoms in total. The zero-order chi connectivity index (χ0) is 11.8. The molecule has 0 aromatic heterocycles. The molecule has 10 heteroatoms. The van der Waals surface area contributed by atoms with Crippen molar-refractivity contribution in [2.24, 2.45) is 0 Å². The summed E-state index contributed by atoms with van der Waals surface area (Å²) in [6.45, 7) is 0. The van der Waals surface area contributed by atoms with Crippen molar-refractivity contribution in [1.29, 1.82) is 0 Å². The van der Waals surface area contributed by atoms with Gasteiger partial charge in [0.15, 0.2) is 0 Å². The fourth-order valence-corrected chi connectivity index (χ4v) is 1.71. The molecule has 0 unspecified atom stereocenters. The number of carbonyl (C=O) groups is 1. The Balaban J connectivity index is 0. The van der Waals surface area contributed by atoms with Gasteiger partial charge in [0.25, 0.3) is 10.1 Å². The number of rotatable bonds is 2. The summed E-state index contributed by atoms with van der Waals surface area (Å²) < 4.78 is 30.1. The number of carboxylic acids is 1. The molecule has 1 aromatic rings. The summed E-state index contributed by atoms with van der Waals surface area (Å²) >= 11 is 0. The molecule has 82 valence electrons. The Kier molecular flexibility index (Phi) is 9.68. The first kappa shape index (κ1) is 20.8. The first-order valence-corrected chi connectivity index (χ1v) is 4.97. The maximum atomic E-state index is 11.2. The zero-order valence-corrected chi connectivity index (χ0v) is 16.2. The second-order valence-corrected chi connectivity index (χ2v) is 3.98. The molecule has 0 amide bonds. The molecule has 1 rings (SSSR count). The number of nitrogen functional groups attached to an aromatic ring is 1. The van der Waals surface area contributed by atoms with Crippen LogP contribution in [0.4, 0.5) is 5.69 Å². The fourth-order valence-electron chi connectivity index (χ4n) is 1.00. The van der Waals surface area contributed by atoms with Gasteiger partial charge in [0.2, 0.25) is 0 Å². The minimum Gasteiger partial charge on any atom is -0.871 e. The summed E-state index contributed by atoms with van der Waals surface area (Å²) in [5, 5.41) is 21.6. The SMILES string of the molecule is Nc1ccc(C(=O)[O-])c([O-])c1S(=O)(=O)O.[K+].[K+]. The molecule has 17 heavy (non-hydrogen) atoms. The largest absolute Gasteiger partial charge is 1.00 e. The predicted molar refractivity (Wildman–Crippen MR) is 44.4 cm³/mol. The van der Waals surface area contributed by atoms with E-state index < -0.39 is 38.0 Å². The Morgan fingerprint density at radius 3 is 2.12 bits per heavy atom. The monoisotopic (exact) mass is 309 g/mol. The number of hydrogen-bond donors (Lipinski definition) is 2. The maximum Gasteiger partial charge on any atom is 1.00 e. The molecule has 0 saturated heterocycles. The van der Waals surface area contributed by atoms with Crippen LogP contribution in [0.1, 0.15) is 10.4 Å². The van der Waals surface area contributed by atoms with E-state index in [0.29, 0.717) is 0 Å². The van der Waals surface area contributed by atoms with E-state index in [-0.39, 0.29) is 103 Å². The van der Waals surface area contributed by atoms with E-state index in [1.54, 1.807) is 0 Å². The Morgan fingerprint density at radius 1 is 1.29 bits per heavy atom. The van der Waals surface area contributed by atoms with Gasteiger partial charge >= 0.3 is 103 Å². The van der Waals surface area contributed by atoms with Crippen molar-refractivity contribution < 1.29 is 131 Å². The van der Waals surface area contributed by atoms with Gasteiger partial charge < -0.3 is 20.7 Å². The van der Waals surface area contributed by atoms with Crippen LogP contribution < -0.4 is 119 Å². The average Bonchev–Trinajstić information content (AvgIpc) is 2.00. The Morgan fingerprint density at radius 2 is 1.76 bits per heavy atom. The van der Waals surface area contributed by atoms with E-state index in [0.717, 1.165) is 12.1 Å². The van der Waals surface area contributed by atoms with Crippen molar-refractivity contribution in [2.75, 3.05) is 5.73 Å². The molecule has 0 aliphatic carbocycles. The van der Waals surface area contributed by atoms with E-state index >= 15 is 0 Å². The quantitative estimate of drug-likeness (QED) is 0.313. The van der Waals surface area contributed by atoms with Gasteiger partial charge in [0.05, 0.1) is 11.7 Å². The summed E-state index contributed by atoms with van der Waals surface area (Å²) in [6.07, 6.45) is 0. The second-order valence-electron chi connectivity index (χ2n) is 2.62. The normalized spacial score (nSPS) is 9.94. The van der Waals surface area contributed by atoms with Gasteiger partial charge in [-0.2, -0.15) is 8.42 Å². The molecule has 1 aromatic carbocycles. The molecule has 0 saturated carbocycles. The minimum atomic E-state index is -4.85. The molecule has 0 fully saturated rings. The van der Waals surface area contributed by atoms with Gasteiger partial charge in [-0.1, -0.05) is 11.8 Å². The van der Waals surface area contributed by atoms with Gasteiger partial charge in [-0.15, -0.1) is 0 Å². The van der Waals surface area contributed by atoms with Crippen molar-refractivity contribution in [3.8, 4) is 5.75 Å². The number of benzene rings is 1. The molecule has 0 aliphatic rings. The summed E-state index contributed by atoms with van der Waals surface area (Å²) in [5.41, 5.74) is 3.73. The molecule has 0 radical (unpaired) electrons. The van der Waals surface area contributed by atoms with Crippen molar-refractivity contribution >= 4 is 21.8 Å². The summed E-state index contributed by atoms with van der Waals surface area (Å²) in [5.74, 6) is -3.23. The molecular formula is C7H5K2NO6S. The van der Waals surface area contributed by atoms with E-state index in [2.05, 4.69) is 0 Å². The third kappa shape index (κ3) is 5.16. The second kappa shape index (κ2) is 7.92. The molecule has 0 spiro atoms. The standard InChI is InChI=1S/C7H7NO6S.2K/c8-4-2-1-3(7(10)11)5(9)6(4)15(12,13)14;;/h1-2,9H,8H2,(H,10,11)(H,12,13,14);;/q;2*+1/p-2. The van der Waals surface area contributed by atoms with Crippen LogP contribution in [0.3, 0.4) is 0 Å². The molecule has 0 heterocycles. The number of anilines is 1. The average molecular weight is 309 g/mol. The summed E-state index contributed by atoms with van der Waals surface area (Å²) in [4.78, 5) is 9.23. The fraction of sp³-hybridized carbons (Fsp3) is 0. The van der Waals surface area contributed by atoms with Gasteiger partial charge in [-0.25, -0.2) is 0 Å². The van der Waals surface area contributed by atoms with Crippen molar-refractivity contribution in [2.45, 2.75) is 4.90 Å².